The highest BCUT2D eigenvalue weighted by molar-refractivity contribution is 7.93. The predicted octanol–water partition coefficient (Wildman–Crippen LogP) is -0.0624. The first-order valence-electron chi connectivity index (χ1n) is 6.41. The SMILES string of the molecule is CCC1(C(=O)O)CCCN(S(=O)(=O)CCS(C)(=O)=O)C1. The van der Waals surface area contributed by atoms with Crippen molar-refractivity contribution in [1.82, 2.24) is 4.31 Å². The molecule has 1 aliphatic heterocycles. The minimum atomic E-state index is -3.74. The van der Waals surface area contributed by atoms with Crippen LogP contribution in [0.25, 0.3) is 0 Å². The van der Waals surface area contributed by atoms with E-state index < -0.39 is 42.8 Å². The van der Waals surface area contributed by atoms with Crippen molar-refractivity contribution in [3.05, 3.63) is 0 Å². The number of carboxylic acid groups (broad SMARTS) is 1. The first-order valence-corrected chi connectivity index (χ1v) is 10.1. The minimum Gasteiger partial charge on any atom is -0.481 e. The Balaban J connectivity index is 2.88. The molecule has 0 radical (unpaired) electrons. The van der Waals surface area contributed by atoms with Gasteiger partial charge >= 0.3 is 5.97 Å². The lowest BCUT2D eigenvalue weighted by atomic mass is 9.78. The first-order chi connectivity index (χ1) is 9.02. The molecular weight excluding hydrogens is 306 g/mol. The third-order valence-corrected chi connectivity index (χ3v) is 6.80. The Morgan fingerprint density at radius 2 is 1.85 bits per heavy atom. The molecule has 1 saturated heterocycles. The smallest absolute Gasteiger partial charge is 0.310 e. The third kappa shape index (κ3) is 4.16. The Morgan fingerprint density at radius 3 is 2.30 bits per heavy atom. The van der Waals surface area contributed by atoms with Crippen LogP contribution in [0.5, 0.6) is 0 Å². The summed E-state index contributed by atoms with van der Waals surface area (Å²) in [5.74, 6) is -1.94. The van der Waals surface area contributed by atoms with Crippen molar-refractivity contribution in [2.24, 2.45) is 5.41 Å². The largest absolute Gasteiger partial charge is 0.481 e. The average molecular weight is 327 g/mol. The molecule has 1 N–H and O–H groups in total. The Morgan fingerprint density at radius 1 is 1.25 bits per heavy atom. The lowest BCUT2D eigenvalue weighted by Gasteiger charge is -2.38. The molecule has 1 rings (SSSR count). The van der Waals surface area contributed by atoms with E-state index in [-0.39, 0.29) is 13.1 Å². The Kier molecular flexibility index (Phi) is 5.20. The van der Waals surface area contributed by atoms with Gasteiger partial charge in [-0.3, -0.25) is 4.79 Å². The summed E-state index contributed by atoms with van der Waals surface area (Å²) < 4.78 is 47.5. The van der Waals surface area contributed by atoms with Crippen LogP contribution in [0, 0.1) is 5.41 Å². The Labute approximate surface area is 119 Å². The van der Waals surface area contributed by atoms with Crippen molar-refractivity contribution < 1.29 is 26.7 Å². The number of sulfonamides is 1. The zero-order valence-corrected chi connectivity index (χ0v) is 13.3. The number of carbonyl (C=O) groups is 1. The molecule has 0 aromatic heterocycles. The molecule has 118 valence electrons. The summed E-state index contributed by atoms with van der Waals surface area (Å²) in [6.07, 6.45) is 2.24. The molecule has 0 saturated carbocycles. The summed E-state index contributed by atoms with van der Waals surface area (Å²) in [5.41, 5.74) is -1.06. The van der Waals surface area contributed by atoms with Crippen LogP contribution in [0.4, 0.5) is 0 Å². The number of sulfone groups is 1. The second kappa shape index (κ2) is 5.98. The van der Waals surface area contributed by atoms with E-state index in [1.807, 2.05) is 0 Å². The summed E-state index contributed by atoms with van der Waals surface area (Å²) >= 11 is 0. The van der Waals surface area contributed by atoms with Gasteiger partial charge in [0.1, 0.15) is 9.84 Å². The number of piperidine rings is 1. The topological polar surface area (TPSA) is 109 Å². The monoisotopic (exact) mass is 327 g/mol. The van der Waals surface area contributed by atoms with Crippen molar-refractivity contribution in [1.29, 1.82) is 0 Å². The molecule has 9 heteroatoms. The van der Waals surface area contributed by atoms with Crippen LogP contribution >= 0.6 is 0 Å². The summed E-state index contributed by atoms with van der Waals surface area (Å²) in [6.45, 7) is 1.90. The molecule has 7 nitrogen and oxygen atoms in total. The van der Waals surface area contributed by atoms with E-state index >= 15 is 0 Å². The average Bonchev–Trinajstić information content (AvgIpc) is 2.35. The van der Waals surface area contributed by atoms with Gasteiger partial charge in [-0.1, -0.05) is 6.92 Å². The van der Waals surface area contributed by atoms with E-state index in [1.165, 1.54) is 0 Å². The van der Waals surface area contributed by atoms with Crippen molar-refractivity contribution in [3.8, 4) is 0 Å². The Bertz CT molecular complexity index is 568. The summed E-state index contributed by atoms with van der Waals surface area (Å²) in [5, 5.41) is 9.31. The molecule has 1 heterocycles. The summed E-state index contributed by atoms with van der Waals surface area (Å²) in [6, 6.07) is 0. The first kappa shape index (κ1) is 17.4. The Hall–Kier alpha value is -0.670. The second-order valence-electron chi connectivity index (χ2n) is 5.32. The van der Waals surface area contributed by atoms with Gasteiger partial charge in [-0.05, 0) is 19.3 Å². The third-order valence-electron chi connectivity index (χ3n) is 3.78. The van der Waals surface area contributed by atoms with Gasteiger partial charge < -0.3 is 5.11 Å². The number of hydrogen-bond donors (Lipinski definition) is 1. The lowest BCUT2D eigenvalue weighted by Crippen LogP contribution is -2.50. The molecule has 0 aromatic rings. The maximum Gasteiger partial charge on any atom is 0.310 e. The number of hydrogen-bond acceptors (Lipinski definition) is 5. The van der Waals surface area contributed by atoms with Gasteiger partial charge in [-0.25, -0.2) is 21.1 Å². The molecule has 0 aliphatic carbocycles. The van der Waals surface area contributed by atoms with E-state index in [9.17, 15) is 26.7 Å². The van der Waals surface area contributed by atoms with Gasteiger partial charge in [0.25, 0.3) is 0 Å². The number of carboxylic acids is 1. The van der Waals surface area contributed by atoms with Crippen molar-refractivity contribution >= 4 is 25.8 Å². The van der Waals surface area contributed by atoms with Crippen LogP contribution in [0.1, 0.15) is 26.2 Å². The van der Waals surface area contributed by atoms with Gasteiger partial charge in [0, 0.05) is 19.3 Å². The van der Waals surface area contributed by atoms with E-state index in [2.05, 4.69) is 0 Å². The van der Waals surface area contributed by atoms with Crippen LogP contribution in [-0.2, 0) is 24.7 Å². The fourth-order valence-electron chi connectivity index (χ4n) is 2.33. The molecule has 1 fully saturated rings. The zero-order valence-electron chi connectivity index (χ0n) is 11.7. The zero-order chi connectivity index (χ0) is 15.6. The highest BCUT2D eigenvalue weighted by Crippen LogP contribution is 2.34. The fraction of sp³-hybridized carbons (Fsp3) is 0.909. The normalized spacial score (nSPS) is 25.5. The summed E-state index contributed by atoms with van der Waals surface area (Å²) in [7, 11) is -7.11. The predicted molar refractivity (Wildman–Crippen MR) is 74.7 cm³/mol. The highest BCUT2D eigenvalue weighted by atomic mass is 32.2. The molecule has 1 atom stereocenters. The van der Waals surface area contributed by atoms with Crippen LogP contribution in [0.2, 0.25) is 0 Å². The molecule has 0 spiro atoms. The molecule has 0 aromatic carbocycles. The van der Waals surface area contributed by atoms with E-state index in [4.69, 9.17) is 0 Å². The van der Waals surface area contributed by atoms with Gasteiger partial charge in [0.05, 0.1) is 16.9 Å². The van der Waals surface area contributed by atoms with Crippen molar-refractivity contribution in [2.45, 2.75) is 26.2 Å². The molecule has 0 bridgehead atoms. The van der Waals surface area contributed by atoms with Crippen LogP contribution in [0.3, 0.4) is 0 Å². The summed E-state index contributed by atoms with van der Waals surface area (Å²) in [4.78, 5) is 11.4. The van der Waals surface area contributed by atoms with E-state index in [0.717, 1.165) is 10.6 Å². The van der Waals surface area contributed by atoms with Crippen LogP contribution in [-0.4, -0.2) is 63.1 Å². The quantitative estimate of drug-likeness (QED) is 0.732. The molecule has 20 heavy (non-hydrogen) atoms. The molecular formula is C11H21NO6S2. The molecule has 1 unspecified atom stereocenters. The molecule has 0 amide bonds. The maximum atomic E-state index is 12.1. The number of aliphatic carboxylic acids is 1. The minimum absolute atomic E-state index is 0.0784. The van der Waals surface area contributed by atoms with Gasteiger partial charge in [0.15, 0.2) is 0 Å². The highest BCUT2D eigenvalue weighted by Gasteiger charge is 2.43. The van der Waals surface area contributed by atoms with Gasteiger partial charge in [-0.15, -0.1) is 0 Å². The van der Waals surface area contributed by atoms with E-state index in [1.54, 1.807) is 6.92 Å². The lowest BCUT2D eigenvalue weighted by molar-refractivity contribution is -0.151. The second-order valence-corrected chi connectivity index (χ2v) is 9.67. The van der Waals surface area contributed by atoms with Crippen LogP contribution < -0.4 is 0 Å². The van der Waals surface area contributed by atoms with Crippen molar-refractivity contribution in [2.75, 3.05) is 30.9 Å². The van der Waals surface area contributed by atoms with Gasteiger partial charge in [-0.2, -0.15) is 0 Å². The number of nitrogens with zero attached hydrogens (tertiary/aromatic N) is 1. The fourth-order valence-corrected chi connectivity index (χ4v) is 5.49. The standard InChI is InChI=1S/C11H21NO6S2/c1-3-11(10(13)14)5-4-6-12(9-11)20(17,18)8-7-19(2,15)16/h3-9H2,1-2H3,(H,13,14). The van der Waals surface area contributed by atoms with Crippen LogP contribution in [0.15, 0.2) is 0 Å². The molecule has 1 aliphatic rings. The van der Waals surface area contributed by atoms with Crippen molar-refractivity contribution in [3.63, 3.8) is 0 Å². The van der Waals surface area contributed by atoms with Gasteiger partial charge in [0.2, 0.25) is 10.0 Å². The maximum absolute atomic E-state index is 12.1. The van der Waals surface area contributed by atoms with E-state index in [0.29, 0.717) is 19.3 Å². The number of rotatable bonds is 6.